The van der Waals surface area contributed by atoms with E-state index in [1.807, 2.05) is 0 Å². The number of hydrogen-bond donors (Lipinski definition) is 1. The predicted molar refractivity (Wildman–Crippen MR) is 59.9 cm³/mol. The van der Waals surface area contributed by atoms with Crippen LogP contribution < -0.4 is 4.74 Å². The van der Waals surface area contributed by atoms with Crippen LogP contribution in [0.3, 0.4) is 0 Å². The molecule has 0 saturated heterocycles. The van der Waals surface area contributed by atoms with Crippen molar-refractivity contribution in [1.29, 1.82) is 0 Å². The van der Waals surface area contributed by atoms with Gasteiger partial charge in [0.15, 0.2) is 0 Å². The summed E-state index contributed by atoms with van der Waals surface area (Å²) in [5.41, 5.74) is 0.797. The molecule has 1 N–H and O–H groups in total. The molecule has 14 heavy (non-hydrogen) atoms. The summed E-state index contributed by atoms with van der Waals surface area (Å²) < 4.78 is 5.08. The van der Waals surface area contributed by atoms with Gasteiger partial charge in [-0.05, 0) is 12.1 Å². The molecule has 0 aromatic heterocycles. The van der Waals surface area contributed by atoms with E-state index < -0.39 is 0 Å². The quantitative estimate of drug-likeness (QED) is 0.650. The third-order valence-electron chi connectivity index (χ3n) is 1.63. The molecule has 74 valence electrons. The number of halogens is 1. The second-order valence-electron chi connectivity index (χ2n) is 2.63. The van der Waals surface area contributed by atoms with E-state index in [0.717, 1.165) is 17.3 Å². The number of methoxy groups -OCH3 is 1. The molecule has 3 heteroatoms. The van der Waals surface area contributed by atoms with Gasteiger partial charge in [-0.3, -0.25) is 0 Å². The van der Waals surface area contributed by atoms with Crippen molar-refractivity contribution in [3.63, 3.8) is 0 Å². The first-order valence-corrected chi connectivity index (χ1v) is 5.32. The Bertz CT molecular complexity index is 363. The van der Waals surface area contributed by atoms with Crippen LogP contribution in [-0.2, 0) is 0 Å². The fraction of sp³-hybridized carbons (Fsp3) is 0.273. The third kappa shape index (κ3) is 2.97. The van der Waals surface area contributed by atoms with Gasteiger partial charge >= 0.3 is 0 Å². The van der Waals surface area contributed by atoms with Crippen molar-refractivity contribution < 1.29 is 9.84 Å². The van der Waals surface area contributed by atoms with Gasteiger partial charge in [0.05, 0.1) is 12.7 Å². The summed E-state index contributed by atoms with van der Waals surface area (Å²) >= 11 is 3.30. The zero-order valence-electron chi connectivity index (χ0n) is 7.88. The summed E-state index contributed by atoms with van der Waals surface area (Å²) in [6.45, 7) is 0. The van der Waals surface area contributed by atoms with E-state index in [0.29, 0.717) is 5.75 Å². The zero-order valence-corrected chi connectivity index (χ0v) is 9.47. The smallest absolute Gasteiger partial charge is 0.138 e. The minimum Gasteiger partial charge on any atom is -0.508 e. The molecule has 0 aliphatic rings. The van der Waals surface area contributed by atoms with Gasteiger partial charge in [0, 0.05) is 17.8 Å². The van der Waals surface area contributed by atoms with Crippen LogP contribution >= 0.6 is 15.9 Å². The second-order valence-corrected chi connectivity index (χ2v) is 3.42. The first-order chi connectivity index (χ1) is 6.77. The van der Waals surface area contributed by atoms with Crippen LogP contribution in [0.1, 0.15) is 12.0 Å². The van der Waals surface area contributed by atoms with Gasteiger partial charge in [-0.1, -0.05) is 27.8 Å². The van der Waals surface area contributed by atoms with Crippen molar-refractivity contribution in [2.75, 3.05) is 12.4 Å². The van der Waals surface area contributed by atoms with Crippen molar-refractivity contribution in [3.05, 3.63) is 23.8 Å². The maximum Gasteiger partial charge on any atom is 0.138 e. The molecule has 1 rings (SSSR count). The number of ether oxygens (including phenoxy) is 1. The van der Waals surface area contributed by atoms with Gasteiger partial charge in [-0.15, -0.1) is 0 Å². The van der Waals surface area contributed by atoms with Crippen molar-refractivity contribution in [2.24, 2.45) is 0 Å². The van der Waals surface area contributed by atoms with E-state index in [-0.39, 0.29) is 5.75 Å². The average molecular weight is 255 g/mol. The average Bonchev–Trinajstić information content (AvgIpc) is 2.20. The number of rotatable bonds is 2. The summed E-state index contributed by atoms with van der Waals surface area (Å²) in [5, 5.41) is 10.1. The Hall–Kier alpha value is -1.14. The topological polar surface area (TPSA) is 29.5 Å². The molecular weight excluding hydrogens is 244 g/mol. The molecule has 0 amide bonds. The molecule has 2 nitrogen and oxygen atoms in total. The van der Waals surface area contributed by atoms with Gasteiger partial charge in [-0.2, -0.15) is 0 Å². The van der Waals surface area contributed by atoms with Crippen LogP contribution in [0.2, 0.25) is 0 Å². The Morgan fingerprint density at radius 1 is 1.50 bits per heavy atom. The monoisotopic (exact) mass is 254 g/mol. The van der Waals surface area contributed by atoms with Crippen LogP contribution in [0.5, 0.6) is 11.5 Å². The first-order valence-electron chi connectivity index (χ1n) is 4.19. The van der Waals surface area contributed by atoms with Gasteiger partial charge in [-0.25, -0.2) is 0 Å². The number of hydrogen-bond acceptors (Lipinski definition) is 2. The maximum atomic E-state index is 9.20. The van der Waals surface area contributed by atoms with Crippen LogP contribution in [0.4, 0.5) is 0 Å². The Labute approximate surface area is 92.0 Å². The molecule has 0 radical (unpaired) electrons. The predicted octanol–water partition coefficient (Wildman–Crippen LogP) is 2.54. The lowest BCUT2D eigenvalue weighted by atomic mass is 10.2. The fourth-order valence-corrected chi connectivity index (χ4v) is 1.19. The zero-order chi connectivity index (χ0) is 10.4. The highest BCUT2D eigenvalue weighted by molar-refractivity contribution is 9.09. The Balaban J connectivity index is 2.92. The van der Waals surface area contributed by atoms with E-state index in [4.69, 9.17) is 4.74 Å². The highest BCUT2D eigenvalue weighted by Gasteiger charge is 2.00. The van der Waals surface area contributed by atoms with Gasteiger partial charge < -0.3 is 9.84 Å². The highest BCUT2D eigenvalue weighted by Crippen LogP contribution is 2.22. The van der Waals surface area contributed by atoms with Crippen molar-refractivity contribution in [3.8, 4) is 23.3 Å². The molecule has 1 aromatic rings. The van der Waals surface area contributed by atoms with E-state index >= 15 is 0 Å². The first kappa shape index (κ1) is 10.9. The Kier molecular flexibility index (Phi) is 4.34. The summed E-state index contributed by atoms with van der Waals surface area (Å²) in [5.74, 6) is 6.75. The van der Waals surface area contributed by atoms with Gasteiger partial charge in [0.1, 0.15) is 11.5 Å². The summed E-state index contributed by atoms with van der Waals surface area (Å²) in [4.78, 5) is 0. The van der Waals surface area contributed by atoms with Crippen molar-refractivity contribution >= 4 is 15.9 Å². The lowest BCUT2D eigenvalue weighted by Crippen LogP contribution is -1.87. The molecule has 0 heterocycles. The summed E-state index contributed by atoms with van der Waals surface area (Å²) in [7, 11) is 1.56. The van der Waals surface area contributed by atoms with E-state index in [2.05, 4.69) is 27.8 Å². The van der Waals surface area contributed by atoms with Crippen LogP contribution in [-0.4, -0.2) is 17.5 Å². The second kappa shape index (κ2) is 5.56. The minimum atomic E-state index is 0.188. The van der Waals surface area contributed by atoms with Crippen molar-refractivity contribution in [1.82, 2.24) is 0 Å². The standard InChI is InChI=1S/C11H11BrO2/c1-14-11-8-10(13)6-5-9(11)4-2-3-7-12/h5-6,8,13H,3,7H2,1H3. The number of phenolic OH excluding ortho intramolecular Hbond substituents is 1. The number of aromatic hydroxyl groups is 1. The maximum absolute atomic E-state index is 9.20. The summed E-state index contributed by atoms with van der Waals surface area (Å²) in [6.07, 6.45) is 0.796. The molecule has 0 bridgehead atoms. The summed E-state index contributed by atoms with van der Waals surface area (Å²) in [6, 6.07) is 4.90. The van der Waals surface area contributed by atoms with Crippen LogP contribution in [0, 0.1) is 11.8 Å². The number of benzene rings is 1. The van der Waals surface area contributed by atoms with E-state index in [1.165, 1.54) is 0 Å². The molecule has 0 aliphatic carbocycles. The fourth-order valence-electron chi connectivity index (χ4n) is 0.988. The third-order valence-corrected chi connectivity index (χ3v) is 2.02. The molecule has 0 spiro atoms. The SMILES string of the molecule is COc1cc(O)ccc1C#CCCBr. The van der Waals surface area contributed by atoms with Crippen LogP contribution in [0.25, 0.3) is 0 Å². The van der Waals surface area contributed by atoms with Crippen molar-refractivity contribution in [2.45, 2.75) is 6.42 Å². The largest absolute Gasteiger partial charge is 0.508 e. The molecule has 0 fully saturated rings. The molecule has 0 saturated carbocycles. The number of alkyl halides is 1. The minimum absolute atomic E-state index is 0.188. The van der Waals surface area contributed by atoms with Gasteiger partial charge in [0.25, 0.3) is 0 Å². The van der Waals surface area contributed by atoms with E-state index in [1.54, 1.807) is 25.3 Å². The molecular formula is C11H11BrO2. The lowest BCUT2D eigenvalue weighted by molar-refractivity contribution is 0.406. The molecule has 0 atom stereocenters. The lowest BCUT2D eigenvalue weighted by Gasteiger charge is -2.02. The normalized spacial score (nSPS) is 9.00. The molecule has 0 aliphatic heterocycles. The molecule has 0 unspecified atom stereocenters. The Morgan fingerprint density at radius 2 is 2.29 bits per heavy atom. The van der Waals surface area contributed by atoms with E-state index in [9.17, 15) is 5.11 Å². The Morgan fingerprint density at radius 3 is 2.93 bits per heavy atom. The molecule has 1 aromatic carbocycles. The van der Waals surface area contributed by atoms with Crippen LogP contribution in [0.15, 0.2) is 18.2 Å². The van der Waals surface area contributed by atoms with Gasteiger partial charge in [0.2, 0.25) is 0 Å². The number of phenols is 1. The highest BCUT2D eigenvalue weighted by atomic mass is 79.9.